The number of ether oxygens (including phenoxy) is 1. The maximum atomic E-state index is 13.9. The molecule has 138 valence electrons. The van der Waals surface area contributed by atoms with Gasteiger partial charge in [0, 0.05) is 33.0 Å². The largest absolute Gasteiger partial charge is 0.470 e. The van der Waals surface area contributed by atoms with Crippen molar-refractivity contribution in [3.63, 3.8) is 0 Å². The Morgan fingerprint density at radius 3 is 2.62 bits per heavy atom. The zero-order valence-corrected chi connectivity index (χ0v) is 14.7. The molecule has 1 aromatic carbocycles. The average Bonchev–Trinajstić information content (AvgIpc) is 2.62. The number of hydrogen-bond donors (Lipinski definition) is 0. The summed E-state index contributed by atoms with van der Waals surface area (Å²) >= 11 is 0. The molecule has 1 amide bonds. The maximum absolute atomic E-state index is 13.9. The Morgan fingerprint density at radius 2 is 1.92 bits per heavy atom. The zero-order valence-electron chi connectivity index (χ0n) is 14.7. The van der Waals surface area contributed by atoms with Crippen molar-refractivity contribution in [1.82, 2.24) is 14.9 Å². The first kappa shape index (κ1) is 18.0. The lowest BCUT2D eigenvalue weighted by atomic mass is 10.1. The molecule has 1 unspecified atom stereocenters. The van der Waals surface area contributed by atoms with E-state index in [1.165, 1.54) is 17.2 Å². The molecular weight excluding hydrogens is 342 g/mol. The van der Waals surface area contributed by atoms with Crippen LogP contribution in [-0.4, -0.2) is 54.1 Å². The van der Waals surface area contributed by atoms with Gasteiger partial charge < -0.3 is 14.5 Å². The van der Waals surface area contributed by atoms with Gasteiger partial charge in [0.25, 0.3) is 11.8 Å². The number of likely N-dealkylation sites (tertiary alicyclic amines) is 1. The third-order valence-corrected chi connectivity index (χ3v) is 4.19. The summed E-state index contributed by atoms with van der Waals surface area (Å²) in [5.41, 5.74) is -0.526. The highest BCUT2D eigenvalue weighted by Crippen LogP contribution is 2.25. The number of carbonyl (C=O) groups excluding carboxylic acids is 1. The highest BCUT2D eigenvalue weighted by Gasteiger charge is 2.29. The van der Waals surface area contributed by atoms with Crippen molar-refractivity contribution in [2.45, 2.75) is 18.9 Å². The van der Waals surface area contributed by atoms with Crippen LogP contribution >= 0.6 is 0 Å². The topological polar surface area (TPSA) is 58.6 Å². The molecule has 0 N–H and O–H groups in total. The van der Waals surface area contributed by atoms with Crippen LogP contribution in [0.25, 0.3) is 0 Å². The van der Waals surface area contributed by atoms with Gasteiger partial charge >= 0.3 is 0 Å². The molecule has 1 aliphatic rings. The number of nitrogens with zero attached hydrogens (tertiary/aromatic N) is 4. The van der Waals surface area contributed by atoms with Gasteiger partial charge in [-0.25, -0.2) is 18.7 Å². The summed E-state index contributed by atoms with van der Waals surface area (Å²) in [5, 5.41) is 0. The first-order valence-corrected chi connectivity index (χ1v) is 8.35. The molecule has 1 atom stereocenters. The van der Waals surface area contributed by atoms with Crippen LogP contribution in [0.4, 0.5) is 14.6 Å². The molecule has 1 aliphatic heterocycles. The van der Waals surface area contributed by atoms with E-state index in [9.17, 15) is 13.6 Å². The predicted octanol–water partition coefficient (Wildman–Crippen LogP) is 2.50. The van der Waals surface area contributed by atoms with E-state index in [0.29, 0.717) is 31.1 Å². The summed E-state index contributed by atoms with van der Waals surface area (Å²) in [4.78, 5) is 24.2. The Morgan fingerprint density at radius 1 is 1.23 bits per heavy atom. The van der Waals surface area contributed by atoms with E-state index in [1.54, 1.807) is 11.1 Å². The summed E-state index contributed by atoms with van der Waals surface area (Å²) in [6.45, 7) is 0.656. The SMILES string of the molecule is CN(C)c1nccnc1OC1CCCN(C(=O)c2c(F)cccc2F)C1. The second kappa shape index (κ2) is 7.63. The molecule has 1 saturated heterocycles. The number of halogens is 2. The molecule has 0 spiro atoms. The van der Waals surface area contributed by atoms with Crippen molar-refractivity contribution in [2.75, 3.05) is 32.1 Å². The second-order valence-electron chi connectivity index (χ2n) is 6.31. The highest BCUT2D eigenvalue weighted by molar-refractivity contribution is 5.94. The number of hydrogen-bond acceptors (Lipinski definition) is 5. The predicted molar refractivity (Wildman–Crippen MR) is 92.3 cm³/mol. The molecule has 2 aromatic rings. The summed E-state index contributed by atoms with van der Waals surface area (Å²) < 4.78 is 33.7. The zero-order chi connectivity index (χ0) is 18.7. The molecule has 8 heteroatoms. The molecule has 3 rings (SSSR count). The molecular formula is C18H20F2N4O2. The Labute approximate surface area is 150 Å². The smallest absolute Gasteiger partial charge is 0.259 e. The summed E-state index contributed by atoms with van der Waals surface area (Å²) in [7, 11) is 3.66. The van der Waals surface area contributed by atoms with Gasteiger partial charge in [-0.3, -0.25) is 4.79 Å². The van der Waals surface area contributed by atoms with E-state index in [0.717, 1.165) is 12.1 Å². The van der Waals surface area contributed by atoms with Crippen molar-refractivity contribution >= 4 is 11.7 Å². The van der Waals surface area contributed by atoms with Crippen LogP contribution in [0.3, 0.4) is 0 Å². The standard InChI is InChI=1S/C18H20F2N4O2/c1-23(2)16-17(22-9-8-21-16)26-12-5-4-10-24(11-12)18(25)15-13(19)6-3-7-14(15)20/h3,6-9,12H,4-5,10-11H2,1-2H3. The minimum atomic E-state index is -0.859. The van der Waals surface area contributed by atoms with Gasteiger partial charge in [0.1, 0.15) is 23.3 Å². The third kappa shape index (κ3) is 3.74. The summed E-state index contributed by atoms with van der Waals surface area (Å²) in [6.07, 6.45) is 4.16. The van der Waals surface area contributed by atoms with E-state index in [1.807, 2.05) is 14.1 Å². The van der Waals surface area contributed by atoms with Crippen molar-refractivity contribution in [3.05, 3.63) is 47.8 Å². The van der Waals surface area contributed by atoms with E-state index in [4.69, 9.17) is 4.74 Å². The van der Waals surface area contributed by atoms with E-state index in [-0.39, 0.29) is 12.6 Å². The van der Waals surface area contributed by atoms with Crippen LogP contribution in [0, 0.1) is 11.6 Å². The third-order valence-electron chi connectivity index (χ3n) is 4.19. The van der Waals surface area contributed by atoms with Gasteiger partial charge in [-0.15, -0.1) is 0 Å². The Balaban J connectivity index is 1.75. The van der Waals surface area contributed by atoms with Crippen LogP contribution in [0.15, 0.2) is 30.6 Å². The molecule has 6 nitrogen and oxygen atoms in total. The minimum Gasteiger partial charge on any atom is -0.470 e. The van der Waals surface area contributed by atoms with Crippen LogP contribution in [0.5, 0.6) is 5.88 Å². The molecule has 2 heterocycles. The van der Waals surface area contributed by atoms with Gasteiger partial charge in [0.15, 0.2) is 5.82 Å². The number of piperidine rings is 1. The van der Waals surface area contributed by atoms with Gasteiger partial charge in [0.05, 0.1) is 6.54 Å². The number of rotatable bonds is 4. The van der Waals surface area contributed by atoms with Crippen molar-refractivity contribution in [2.24, 2.45) is 0 Å². The second-order valence-corrected chi connectivity index (χ2v) is 6.31. The lowest BCUT2D eigenvalue weighted by molar-refractivity contribution is 0.0519. The fourth-order valence-electron chi connectivity index (χ4n) is 2.94. The molecule has 0 saturated carbocycles. The molecule has 0 aliphatic carbocycles. The number of amides is 1. The maximum Gasteiger partial charge on any atom is 0.259 e. The normalized spacial score (nSPS) is 17.1. The monoisotopic (exact) mass is 362 g/mol. The molecule has 1 aromatic heterocycles. The van der Waals surface area contributed by atoms with Gasteiger partial charge in [-0.05, 0) is 25.0 Å². The fraction of sp³-hybridized carbons (Fsp3) is 0.389. The summed E-state index contributed by atoms with van der Waals surface area (Å²) in [5.74, 6) is -1.44. The van der Waals surface area contributed by atoms with Crippen LogP contribution < -0.4 is 9.64 Å². The quantitative estimate of drug-likeness (QED) is 0.836. The fourth-order valence-corrected chi connectivity index (χ4v) is 2.94. The lowest BCUT2D eigenvalue weighted by Crippen LogP contribution is -2.45. The number of carbonyl (C=O) groups is 1. The van der Waals surface area contributed by atoms with Gasteiger partial charge in [-0.1, -0.05) is 6.07 Å². The van der Waals surface area contributed by atoms with Crippen molar-refractivity contribution in [1.29, 1.82) is 0 Å². The van der Waals surface area contributed by atoms with Crippen LogP contribution in [0.2, 0.25) is 0 Å². The summed E-state index contributed by atoms with van der Waals surface area (Å²) in [6, 6.07) is 3.40. The van der Waals surface area contributed by atoms with Crippen molar-refractivity contribution < 1.29 is 18.3 Å². The highest BCUT2D eigenvalue weighted by atomic mass is 19.1. The van der Waals surface area contributed by atoms with Gasteiger partial charge in [0.2, 0.25) is 0 Å². The molecule has 0 bridgehead atoms. The van der Waals surface area contributed by atoms with E-state index >= 15 is 0 Å². The molecule has 0 radical (unpaired) electrons. The Bertz CT molecular complexity index is 780. The molecule has 26 heavy (non-hydrogen) atoms. The van der Waals surface area contributed by atoms with Crippen LogP contribution in [0.1, 0.15) is 23.2 Å². The molecule has 1 fully saturated rings. The Hall–Kier alpha value is -2.77. The first-order chi connectivity index (χ1) is 12.5. The first-order valence-electron chi connectivity index (χ1n) is 8.35. The van der Waals surface area contributed by atoms with E-state index in [2.05, 4.69) is 9.97 Å². The average molecular weight is 362 g/mol. The van der Waals surface area contributed by atoms with Gasteiger partial charge in [-0.2, -0.15) is 0 Å². The van der Waals surface area contributed by atoms with Crippen LogP contribution in [-0.2, 0) is 0 Å². The Kier molecular flexibility index (Phi) is 5.29. The lowest BCUT2D eigenvalue weighted by Gasteiger charge is -2.33. The van der Waals surface area contributed by atoms with Crippen molar-refractivity contribution in [3.8, 4) is 5.88 Å². The minimum absolute atomic E-state index is 0.232. The number of aromatic nitrogens is 2. The van der Waals surface area contributed by atoms with E-state index < -0.39 is 23.1 Å². The number of benzene rings is 1. The number of anilines is 1.